The van der Waals surface area contributed by atoms with E-state index in [-0.39, 0.29) is 6.03 Å². The van der Waals surface area contributed by atoms with Gasteiger partial charge in [0.1, 0.15) is 0 Å². The molecule has 3 rings (SSSR count). The summed E-state index contributed by atoms with van der Waals surface area (Å²) >= 11 is 0. The molecule has 0 unspecified atom stereocenters. The van der Waals surface area contributed by atoms with Crippen molar-refractivity contribution in [2.45, 2.75) is 20.0 Å². The van der Waals surface area contributed by atoms with Crippen LogP contribution < -0.4 is 10.6 Å². The first-order chi connectivity index (χ1) is 11.2. The van der Waals surface area contributed by atoms with Gasteiger partial charge in [-0.25, -0.2) is 14.8 Å². The Labute approximate surface area is 134 Å². The highest BCUT2D eigenvalue weighted by atomic mass is 16.2. The van der Waals surface area contributed by atoms with Crippen LogP contribution in [0.25, 0.3) is 11.0 Å². The number of aromatic nitrogens is 2. The van der Waals surface area contributed by atoms with Gasteiger partial charge in [0.2, 0.25) is 0 Å². The molecule has 0 saturated carbocycles. The molecule has 0 aliphatic carbocycles. The highest BCUT2D eigenvalue weighted by molar-refractivity contribution is 5.75. The molecule has 2 aromatic carbocycles. The van der Waals surface area contributed by atoms with Gasteiger partial charge >= 0.3 is 6.03 Å². The summed E-state index contributed by atoms with van der Waals surface area (Å²) in [6, 6.07) is 17.3. The van der Waals surface area contributed by atoms with Crippen molar-refractivity contribution >= 4 is 17.1 Å². The standard InChI is InChI=1S/C18H18N4O/c1-13-17(22-16-10-6-5-9-15(16)21-13)12-20-18(23)19-11-14-7-3-2-4-8-14/h2-10H,11-12H2,1H3,(H2,19,20,23). The fraction of sp³-hybridized carbons (Fsp3) is 0.167. The van der Waals surface area contributed by atoms with Crippen molar-refractivity contribution in [2.75, 3.05) is 0 Å². The summed E-state index contributed by atoms with van der Waals surface area (Å²) in [5, 5.41) is 5.65. The van der Waals surface area contributed by atoms with Gasteiger partial charge in [0.15, 0.2) is 0 Å². The Hall–Kier alpha value is -2.95. The number of fused-ring (bicyclic) bond motifs is 1. The smallest absolute Gasteiger partial charge is 0.315 e. The van der Waals surface area contributed by atoms with Gasteiger partial charge in [-0.1, -0.05) is 42.5 Å². The van der Waals surface area contributed by atoms with Crippen molar-refractivity contribution in [2.24, 2.45) is 0 Å². The predicted molar refractivity (Wildman–Crippen MR) is 89.8 cm³/mol. The second-order valence-electron chi connectivity index (χ2n) is 5.27. The third-order valence-electron chi connectivity index (χ3n) is 3.56. The molecular formula is C18H18N4O. The molecule has 1 heterocycles. The van der Waals surface area contributed by atoms with Gasteiger partial charge in [-0.15, -0.1) is 0 Å². The fourth-order valence-corrected chi connectivity index (χ4v) is 2.30. The first-order valence-electron chi connectivity index (χ1n) is 7.50. The first kappa shape index (κ1) is 15.0. The molecule has 23 heavy (non-hydrogen) atoms. The van der Waals surface area contributed by atoms with Crippen molar-refractivity contribution in [3.8, 4) is 0 Å². The molecule has 2 amide bonds. The lowest BCUT2D eigenvalue weighted by Gasteiger charge is -2.09. The number of hydrogen-bond acceptors (Lipinski definition) is 3. The van der Waals surface area contributed by atoms with Crippen molar-refractivity contribution in [3.63, 3.8) is 0 Å². The zero-order valence-corrected chi connectivity index (χ0v) is 12.9. The largest absolute Gasteiger partial charge is 0.334 e. The Kier molecular flexibility index (Phi) is 4.47. The van der Waals surface area contributed by atoms with E-state index < -0.39 is 0 Å². The van der Waals surface area contributed by atoms with Crippen LogP contribution in [-0.4, -0.2) is 16.0 Å². The summed E-state index contributed by atoms with van der Waals surface area (Å²) in [6.45, 7) is 2.75. The van der Waals surface area contributed by atoms with Gasteiger partial charge in [0.05, 0.1) is 29.0 Å². The average Bonchev–Trinajstić information content (AvgIpc) is 2.59. The predicted octanol–water partition coefficient (Wildman–Crippen LogP) is 2.94. The molecule has 5 nitrogen and oxygen atoms in total. The molecule has 5 heteroatoms. The molecular weight excluding hydrogens is 288 g/mol. The summed E-state index contributed by atoms with van der Waals surface area (Å²) in [5.74, 6) is 0. The fourth-order valence-electron chi connectivity index (χ4n) is 2.30. The van der Waals surface area contributed by atoms with Gasteiger partial charge in [0, 0.05) is 6.54 Å². The summed E-state index contributed by atoms with van der Waals surface area (Å²) in [6.07, 6.45) is 0. The van der Waals surface area contributed by atoms with Gasteiger partial charge in [-0.2, -0.15) is 0 Å². The molecule has 0 atom stereocenters. The summed E-state index contributed by atoms with van der Waals surface area (Å²) < 4.78 is 0. The average molecular weight is 306 g/mol. The Balaban J connectivity index is 1.59. The molecule has 116 valence electrons. The van der Waals surface area contributed by atoms with Gasteiger partial charge < -0.3 is 10.6 Å². The van der Waals surface area contributed by atoms with Gasteiger partial charge in [-0.05, 0) is 24.6 Å². The van der Waals surface area contributed by atoms with Gasteiger partial charge in [-0.3, -0.25) is 0 Å². The Morgan fingerprint density at radius 3 is 2.22 bits per heavy atom. The number of para-hydroxylation sites is 2. The van der Waals surface area contributed by atoms with Crippen LogP contribution in [0.5, 0.6) is 0 Å². The number of aryl methyl sites for hydroxylation is 1. The maximum Gasteiger partial charge on any atom is 0.315 e. The van der Waals surface area contributed by atoms with Crippen molar-refractivity contribution in [1.29, 1.82) is 0 Å². The van der Waals surface area contributed by atoms with Crippen LogP contribution in [-0.2, 0) is 13.1 Å². The monoisotopic (exact) mass is 306 g/mol. The molecule has 0 aliphatic heterocycles. The second kappa shape index (κ2) is 6.87. The normalized spacial score (nSPS) is 10.5. The molecule has 0 spiro atoms. The number of rotatable bonds is 4. The lowest BCUT2D eigenvalue weighted by Crippen LogP contribution is -2.35. The van der Waals surface area contributed by atoms with E-state index in [1.807, 2.05) is 61.5 Å². The lowest BCUT2D eigenvalue weighted by atomic mass is 10.2. The van der Waals surface area contributed by atoms with Crippen LogP contribution in [0, 0.1) is 6.92 Å². The van der Waals surface area contributed by atoms with Crippen LogP contribution in [0.1, 0.15) is 17.0 Å². The van der Waals surface area contributed by atoms with E-state index in [4.69, 9.17) is 0 Å². The third-order valence-corrected chi connectivity index (χ3v) is 3.56. The van der Waals surface area contributed by atoms with E-state index in [0.29, 0.717) is 13.1 Å². The zero-order chi connectivity index (χ0) is 16.1. The van der Waals surface area contributed by atoms with Gasteiger partial charge in [0.25, 0.3) is 0 Å². The van der Waals surface area contributed by atoms with Crippen LogP contribution in [0.3, 0.4) is 0 Å². The zero-order valence-electron chi connectivity index (χ0n) is 12.9. The molecule has 0 radical (unpaired) electrons. The number of carbonyl (C=O) groups is 1. The summed E-state index contributed by atoms with van der Waals surface area (Å²) in [4.78, 5) is 21.0. The van der Waals surface area contributed by atoms with E-state index in [1.54, 1.807) is 0 Å². The molecule has 0 fully saturated rings. The van der Waals surface area contributed by atoms with E-state index in [0.717, 1.165) is 28.0 Å². The minimum absolute atomic E-state index is 0.219. The Morgan fingerprint density at radius 1 is 0.870 bits per heavy atom. The molecule has 1 aromatic heterocycles. The van der Waals surface area contributed by atoms with Crippen LogP contribution in [0.2, 0.25) is 0 Å². The highest BCUT2D eigenvalue weighted by Crippen LogP contribution is 2.11. The number of nitrogens with one attached hydrogen (secondary N) is 2. The maximum atomic E-state index is 11.9. The minimum Gasteiger partial charge on any atom is -0.334 e. The van der Waals surface area contributed by atoms with E-state index >= 15 is 0 Å². The van der Waals surface area contributed by atoms with Crippen molar-refractivity contribution in [3.05, 3.63) is 71.5 Å². The van der Waals surface area contributed by atoms with E-state index in [1.165, 1.54) is 0 Å². The molecule has 0 saturated heterocycles. The minimum atomic E-state index is -0.219. The molecule has 0 aliphatic rings. The van der Waals surface area contributed by atoms with Crippen molar-refractivity contribution < 1.29 is 4.79 Å². The Bertz CT molecular complexity index is 818. The van der Waals surface area contributed by atoms with Crippen molar-refractivity contribution in [1.82, 2.24) is 20.6 Å². The summed E-state index contributed by atoms with van der Waals surface area (Å²) in [5.41, 5.74) is 4.36. The quantitative estimate of drug-likeness (QED) is 0.779. The number of amides is 2. The number of carbonyl (C=O) groups excluding carboxylic acids is 1. The number of hydrogen-bond donors (Lipinski definition) is 2. The molecule has 2 N–H and O–H groups in total. The molecule has 0 bridgehead atoms. The van der Waals surface area contributed by atoms with E-state index in [9.17, 15) is 4.79 Å². The topological polar surface area (TPSA) is 66.9 Å². The third kappa shape index (κ3) is 3.83. The first-order valence-corrected chi connectivity index (χ1v) is 7.50. The highest BCUT2D eigenvalue weighted by Gasteiger charge is 2.07. The number of benzene rings is 2. The maximum absolute atomic E-state index is 11.9. The summed E-state index contributed by atoms with van der Waals surface area (Å²) in [7, 11) is 0. The van der Waals surface area contributed by atoms with Crippen LogP contribution >= 0.6 is 0 Å². The molecule has 3 aromatic rings. The lowest BCUT2D eigenvalue weighted by molar-refractivity contribution is 0.240. The SMILES string of the molecule is Cc1nc2ccccc2nc1CNC(=O)NCc1ccccc1. The number of nitrogens with zero attached hydrogens (tertiary/aromatic N) is 2. The Morgan fingerprint density at radius 2 is 1.48 bits per heavy atom. The van der Waals surface area contributed by atoms with Crippen LogP contribution in [0.15, 0.2) is 54.6 Å². The van der Waals surface area contributed by atoms with E-state index in [2.05, 4.69) is 20.6 Å². The second-order valence-corrected chi connectivity index (χ2v) is 5.27. The number of urea groups is 1. The van der Waals surface area contributed by atoms with Crippen LogP contribution in [0.4, 0.5) is 4.79 Å².